The average Bonchev–Trinajstić information content (AvgIpc) is 2.06. The van der Waals surface area contributed by atoms with Gasteiger partial charge >= 0.3 is 6.09 Å². The Kier molecular flexibility index (Phi) is 6.47. The third-order valence-electron chi connectivity index (χ3n) is 1.49. The van der Waals surface area contributed by atoms with Crippen LogP contribution in [0.25, 0.3) is 0 Å². The number of carbonyl (C=O) groups is 1. The highest BCUT2D eigenvalue weighted by molar-refractivity contribution is 5.67. The van der Waals surface area contributed by atoms with Crippen LogP contribution in [0.2, 0.25) is 0 Å². The summed E-state index contributed by atoms with van der Waals surface area (Å²) in [5.74, 6) is 0. The van der Waals surface area contributed by atoms with Crippen LogP contribution in [0.15, 0.2) is 0 Å². The van der Waals surface area contributed by atoms with Crippen molar-refractivity contribution < 1.29 is 14.6 Å². The second kappa shape index (κ2) is 6.91. The zero-order chi connectivity index (χ0) is 9.40. The standard InChI is InChI=1S/C8H17NO3/c1-3-9(6-5-7-10)8(11)12-4-2/h10H,3-7H2,1-2H3. The van der Waals surface area contributed by atoms with E-state index in [0.29, 0.717) is 26.1 Å². The highest BCUT2D eigenvalue weighted by Gasteiger charge is 2.10. The monoisotopic (exact) mass is 175 g/mol. The van der Waals surface area contributed by atoms with Gasteiger partial charge in [0.05, 0.1) is 6.61 Å². The zero-order valence-electron chi connectivity index (χ0n) is 7.75. The van der Waals surface area contributed by atoms with Gasteiger partial charge in [-0.1, -0.05) is 0 Å². The molecule has 0 radical (unpaired) electrons. The Labute approximate surface area is 73.1 Å². The van der Waals surface area contributed by atoms with Crippen LogP contribution in [0.1, 0.15) is 20.3 Å². The topological polar surface area (TPSA) is 49.8 Å². The molecule has 0 aliphatic carbocycles. The van der Waals surface area contributed by atoms with Gasteiger partial charge in [-0.15, -0.1) is 0 Å². The Morgan fingerprint density at radius 2 is 2.17 bits per heavy atom. The maximum atomic E-state index is 11.1. The number of hydrogen-bond donors (Lipinski definition) is 1. The number of aliphatic hydroxyl groups is 1. The number of ether oxygens (including phenoxy) is 1. The van der Waals surface area contributed by atoms with E-state index >= 15 is 0 Å². The van der Waals surface area contributed by atoms with Gasteiger partial charge in [0.15, 0.2) is 0 Å². The summed E-state index contributed by atoms with van der Waals surface area (Å²) < 4.78 is 4.80. The molecular weight excluding hydrogens is 158 g/mol. The summed E-state index contributed by atoms with van der Waals surface area (Å²) in [7, 11) is 0. The molecule has 0 saturated carbocycles. The Balaban J connectivity index is 3.71. The minimum atomic E-state index is -0.298. The maximum absolute atomic E-state index is 11.1. The number of rotatable bonds is 5. The Bertz CT molecular complexity index is 127. The number of amides is 1. The fourth-order valence-corrected chi connectivity index (χ4v) is 0.855. The van der Waals surface area contributed by atoms with Crippen LogP contribution >= 0.6 is 0 Å². The first-order chi connectivity index (χ1) is 5.76. The van der Waals surface area contributed by atoms with Gasteiger partial charge in [0, 0.05) is 19.7 Å². The van der Waals surface area contributed by atoms with Crippen molar-refractivity contribution in [2.45, 2.75) is 20.3 Å². The summed E-state index contributed by atoms with van der Waals surface area (Å²) in [6, 6.07) is 0. The first-order valence-electron chi connectivity index (χ1n) is 4.28. The molecule has 1 N–H and O–H groups in total. The molecule has 0 unspecified atom stereocenters. The van der Waals surface area contributed by atoms with Crippen LogP contribution in [0.5, 0.6) is 0 Å². The molecule has 4 nitrogen and oxygen atoms in total. The minimum Gasteiger partial charge on any atom is -0.450 e. The molecule has 0 saturated heterocycles. The summed E-state index contributed by atoms with van der Waals surface area (Å²) in [6.45, 7) is 5.35. The van der Waals surface area contributed by atoms with Crippen molar-refractivity contribution in [1.29, 1.82) is 0 Å². The summed E-state index contributed by atoms with van der Waals surface area (Å²) in [4.78, 5) is 12.7. The summed E-state index contributed by atoms with van der Waals surface area (Å²) >= 11 is 0. The van der Waals surface area contributed by atoms with E-state index in [0.717, 1.165) is 0 Å². The largest absolute Gasteiger partial charge is 0.450 e. The first kappa shape index (κ1) is 11.2. The third kappa shape index (κ3) is 4.18. The van der Waals surface area contributed by atoms with Gasteiger partial charge in [0.25, 0.3) is 0 Å². The molecule has 0 aromatic heterocycles. The Morgan fingerprint density at radius 1 is 1.50 bits per heavy atom. The quantitative estimate of drug-likeness (QED) is 0.673. The van der Waals surface area contributed by atoms with Gasteiger partial charge in [0.1, 0.15) is 0 Å². The lowest BCUT2D eigenvalue weighted by atomic mass is 10.4. The Hall–Kier alpha value is -0.770. The van der Waals surface area contributed by atoms with E-state index in [1.54, 1.807) is 11.8 Å². The van der Waals surface area contributed by atoms with Gasteiger partial charge in [-0.2, -0.15) is 0 Å². The van der Waals surface area contributed by atoms with Gasteiger partial charge in [-0.05, 0) is 20.3 Å². The molecule has 12 heavy (non-hydrogen) atoms. The van der Waals surface area contributed by atoms with E-state index in [1.165, 1.54) is 0 Å². The lowest BCUT2D eigenvalue weighted by Gasteiger charge is -2.18. The number of hydrogen-bond acceptors (Lipinski definition) is 3. The molecule has 1 amide bonds. The fraction of sp³-hybridized carbons (Fsp3) is 0.875. The van der Waals surface area contributed by atoms with Crippen molar-refractivity contribution in [3.8, 4) is 0 Å². The molecule has 0 atom stereocenters. The van der Waals surface area contributed by atoms with Crippen molar-refractivity contribution >= 4 is 6.09 Å². The lowest BCUT2D eigenvalue weighted by molar-refractivity contribution is 0.106. The van der Waals surface area contributed by atoms with E-state index in [-0.39, 0.29) is 12.7 Å². The minimum absolute atomic E-state index is 0.107. The molecule has 0 heterocycles. The van der Waals surface area contributed by atoms with Crippen LogP contribution in [0.4, 0.5) is 4.79 Å². The molecule has 0 aliphatic rings. The second-order valence-corrected chi connectivity index (χ2v) is 2.36. The van der Waals surface area contributed by atoms with Crippen LogP contribution in [-0.4, -0.2) is 42.4 Å². The predicted octanol–water partition coefficient (Wildman–Crippen LogP) is 0.847. The molecule has 0 spiro atoms. The third-order valence-corrected chi connectivity index (χ3v) is 1.49. The van der Waals surface area contributed by atoms with Crippen molar-refractivity contribution in [3.05, 3.63) is 0 Å². The second-order valence-electron chi connectivity index (χ2n) is 2.36. The summed E-state index contributed by atoms with van der Waals surface area (Å²) in [5.41, 5.74) is 0. The molecule has 0 rings (SSSR count). The maximum Gasteiger partial charge on any atom is 0.409 e. The number of aliphatic hydroxyl groups excluding tert-OH is 1. The van der Waals surface area contributed by atoms with Gasteiger partial charge < -0.3 is 14.7 Å². The average molecular weight is 175 g/mol. The van der Waals surface area contributed by atoms with E-state index < -0.39 is 0 Å². The van der Waals surface area contributed by atoms with E-state index in [4.69, 9.17) is 9.84 Å². The van der Waals surface area contributed by atoms with Crippen molar-refractivity contribution in [3.63, 3.8) is 0 Å². The molecular formula is C8H17NO3. The van der Waals surface area contributed by atoms with Crippen LogP contribution in [0, 0.1) is 0 Å². The van der Waals surface area contributed by atoms with Crippen LogP contribution < -0.4 is 0 Å². The molecule has 0 bridgehead atoms. The van der Waals surface area contributed by atoms with Gasteiger partial charge in [-0.3, -0.25) is 0 Å². The van der Waals surface area contributed by atoms with E-state index in [2.05, 4.69) is 0 Å². The highest BCUT2D eigenvalue weighted by Crippen LogP contribution is 1.95. The predicted molar refractivity (Wildman–Crippen MR) is 46.0 cm³/mol. The van der Waals surface area contributed by atoms with Crippen LogP contribution in [0.3, 0.4) is 0 Å². The number of nitrogens with zero attached hydrogens (tertiary/aromatic N) is 1. The SMILES string of the molecule is CCOC(=O)N(CC)CCCO. The molecule has 0 aromatic rings. The molecule has 72 valence electrons. The summed E-state index contributed by atoms with van der Waals surface area (Å²) in [6.07, 6.45) is 0.306. The normalized spacial score (nSPS) is 9.58. The molecule has 0 fully saturated rings. The molecule has 0 aliphatic heterocycles. The summed E-state index contributed by atoms with van der Waals surface area (Å²) in [5, 5.41) is 8.54. The highest BCUT2D eigenvalue weighted by atomic mass is 16.6. The fourth-order valence-electron chi connectivity index (χ4n) is 0.855. The van der Waals surface area contributed by atoms with E-state index in [1.807, 2.05) is 6.92 Å². The van der Waals surface area contributed by atoms with Crippen molar-refractivity contribution in [1.82, 2.24) is 4.90 Å². The molecule has 0 aromatic carbocycles. The Morgan fingerprint density at radius 3 is 2.58 bits per heavy atom. The van der Waals surface area contributed by atoms with Crippen molar-refractivity contribution in [2.24, 2.45) is 0 Å². The first-order valence-corrected chi connectivity index (χ1v) is 4.28. The van der Waals surface area contributed by atoms with Gasteiger partial charge in [-0.25, -0.2) is 4.79 Å². The zero-order valence-corrected chi connectivity index (χ0v) is 7.75. The van der Waals surface area contributed by atoms with Crippen molar-refractivity contribution in [2.75, 3.05) is 26.3 Å². The van der Waals surface area contributed by atoms with Crippen LogP contribution in [-0.2, 0) is 4.74 Å². The molecule has 4 heteroatoms. The smallest absolute Gasteiger partial charge is 0.409 e. The lowest BCUT2D eigenvalue weighted by Crippen LogP contribution is -2.32. The number of carbonyl (C=O) groups excluding carboxylic acids is 1. The van der Waals surface area contributed by atoms with E-state index in [9.17, 15) is 4.79 Å². The van der Waals surface area contributed by atoms with Gasteiger partial charge in [0.2, 0.25) is 0 Å².